The van der Waals surface area contributed by atoms with Crippen LogP contribution in [0.15, 0.2) is 18.2 Å². The van der Waals surface area contributed by atoms with Gasteiger partial charge < -0.3 is 0 Å². The Balaban J connectivity index is 2.77. The maximum Gasteiger partial charge on any atom is 0.418 e. The van der Waals surface area contributed by atoms with Gasteiger partial charge >= 0.3 is 6.18 Å². The normalized spacial score (nSPS) is 12.1. The lowest BCUT2D eigenvalue weighted by Crippen LogP contribution is -2.08. The molecule has 2 rings (SSSR count). The molecule has 0 N–H and O–H groups in total. The zero-order valence-electron chi connectivity index (χ0n) is 9.55. The van der Waals surface area contributed by atoms with Crippen molar-refractivity contribution in [2.24, 2.45) is 0 Å². The second-order valence-electron chi connectivity index (χ2n) is 3.89. The van der Waals surface area contributed by atoms with E-state index < -0.39 is 11.7 Å². The van der Waals surface area contributed by atoms with Crippen LogP contribution in [0, 0.1) is 0 Å². The van der Waals surface area contributed by atoms with Crippen LogP contribution in [0.3, 0.4) is 0 Å². The summed E-state index contributed by atoms with van der Waals surface area (Å²) >= 11 is 5.69. The highest BCUT2D eigenvalue weighted by Gasteiger charge is 2.33. The predicted octanol–water partition coefficient (Wildman–Crippen LogP) is 4.25. The van der Waals surface area contributed by atoms with Crippen molar-refractivity contribution in [3.05, 3.63) is 34.7 Å². The van der Waals surface area contributed by atoms with Crippen molar-refractivity contribution in [1.29, 1.82) is 0 Å². The van der Waals surface area contributed by atoms with Crippen molar-refractivity contribution in [2.45, 2.75) is 25.9 Å². The molecule has 1 heterocycles. The minimum atomic E-state index is -4.44. The van der Waals surface area contributed by atoms with Crippen LogP contribution in [0.2, 0.25) is 5.28 Å². The third-order valence-electron chi connectivity index (χ3n) is 2.57. The summed E-state index contributed by atoms with van der Waals surface area (Å²) in [6.45, 7) is 1.93. The lowest BCUT2D eigenvalue weighted by atomic mass is 10.1. The zero-order chi connectivity index (χ0) is 13.3. The van der Waals surface area contributed by atoms with Crippen molar-refractivity contribution in [3.8, 4) is 0 Å². The molecule has 0 bridgehead atoms. The highest BCUT2D eigenvalue weighted by atomic mass is 35.5. The van der Waals surface area contributed by atoms with Crippen LogP contribution < -0.4 is 0 Å². The number of hydrogen-bond donors (Lipinski definition) is 0. The van der Waals surface area contributed by atoms with Crippen molar-refractivity contribution in [3.63, 3.8) is 0 Å². The van der Waals surface area contributed by atoms with Gasteiger partial charge in [0, 0.05) is 5.39 Å². The van der Waals surface area contributed by atoms with Gasteiger partial charge in [0.15, 0.2) is 0 Å². The molecule has 1 aromatic carbocycles. The van der Waals surface area contributed by atoms with E-state index in [-0.39, 0.29) is 10.8 Å². The zero-order valence-corrected chi connectivity index (χ0v) is 10.3. The Kier molecular flexibility index (Phi) is 3.43. The van der Waals surface area contributed by atoms with Gasteiger partial charge in [0.25, 0.3) is 0 Å². The van der Waals surface area contributed by atoms with Gasteiger partial charge in [-0.3, -0.25) is 0 Å². The van der Waals surface area contributed by atoms with Crippen LogP contribution in [0.4, 0.5) is 13.2 Å². The second kappa shape index (κ2) is 4.72. The number of para-hydroxylation sites is 1. The number of fused-ring (bicyclic) bond motifs is 1. The fourth-order valence-corrected chi connectivity index (χ4v) is 2.03. The van der Waals surface area contributed by atoms with Gasteiger partial charge in [-0.05, 0) is 24.1 Å². The van der Waals surface area contributed by atoms with E-state index in [1.807, 2.05) is 6.92 Å². The Hall–Kier alpha value is -1.36. The Morgan fingerprint density at radius 2 is 1.94 bits per heavy atom. The summed E-state index contributed by atoms with van der Waals surface area (Å²) in [6, 6.07) is 3.95. The van der Waals surface area contributed by atoms with Gasteiger partial charge in [-0.25, -0.2) is 9.97 Å². The number of benzene rings is 1. The first-order chi connectivity index (χ1) is 8.43. The Morgan fingerprint density at radius 3 is 2.56 bits per heavy atom. The third kappa shape index (κ3) is 2.41. The molecule has 0 fully saturated rings. The summed E-state index contributed by atoms with van der Waals surface area (Å²) in [5.74, 6) is 0. The van der Waals surface area contributed by atoms with Crippen LogP contribution in [-0.4, -0.2) is 9.97 Å². The molecule has 0 radical (unpaired) electrons. The van der Waals surface area contributed by atoms with Gasteiger partial charge in [0.1, 0.15) is 0 Å². The summed E-state index contributed by atoms with van der Waals surface area (Å²) in [6.07, 6.45) is -3.10. The molecule has 0 aliphatic carbocycles. The van der Waals surface area contributed by atoms with E-state index in [1.54, 1.807) is 6.07 Å². The molecule has 0 unspecified atom stereocenters. The van der Waals surface area contributed by atoms with Gasteiger partial charge in [-0.15, -0.1) is 0 Å². The Labute approximate surface area is 107 Å². The number of nitrogens with zero attached hydrogens (tertiary/aromatic N) is 2. The van der Waals surface area contributed by atoms with Gasteiger partial charge in [0.05, 0.1) is 16.8 Å². The molecule has 0 spiro atoms. The molecule has 2 nitrogen and oxygen atoms in total. The monoisotopic (exact) mass is 274 g/mol. The molecule has 0 aliphatic rings. The van der Waals surface area contributed by atoms with Gasteiger partial charge in [0.2, 0.25) is 5.28 Å². The molecule has 1 aromatic heterocycles. The molecular weight excluding hydrogens is 265 g/mol. The molecule has 0 aliphatic heterocycles. The van der Waals surface area contributed by atoms with E-state index in [1.165, 1.54) is 6.07 Å². The van der Waals surface area contributed by atoms with Gasteiger partial charge in [-0.2, -0.15) is 13.2 Å². The number of aryl methyl sites for hydroxylation is 1. The van der Waals surface area contributed by atoms with E-state index >= 15 is 0 Å². The fourth-order valence-electron chi connectivity index (χ4n) is 1.84. The first kappa shape index (κ1) is 13.1. The summed E-state index contributed by atoms with van der Waals surface area (Å²) in [5, 5.41) is 0.263. The van der Waals surface area contributed by atoms with Crippen LogP contribution in [0.1, 0.15) is 24.6 Å². The number of hydrogen-bond acceptors (Lipinski definition) is 2. The minimum absolute atomic E-state index is 0.131. The van der Waals surface area contributed by atoms with E-state index in [0.29, 0.717) is 17.5 Å². The average Bonchev–Trinajstić information content (AvgIpc) is 2.27. The van der Waals surface area contributed by atoms with Crippen molar-refractivity contribution in [1.82, 2.24) is 9.97 Å². The highest BCUT2D eigenvalue weighted by molar-refractivity contribution is 6.28. The standard InChI is InChI=1S/C12H10ClF3N2/c1-2-4-9-7-5-3-6-8(12(14,15)16)10(7)18-11(13)17-9/h3,5-6H,2,4H2,1H3. The summed E-state index contributed by atoms with van der Waals surface area (Å²) < 4.78 is 38.6. The summed E-state index contributed by atoms with van der Waals surface area (Å²) in [5.41, 5.74) is -0.353. The van der Waals surface area contributed by atoms with Crippen LogP contribution in [0.25, 0.3) is 10.9 Å². The van der Waals surface area contributed by atoms with Crippen LogP contribution in [-0.2, 0) is 12.6 Å². The Morgan fingerprint density at radius 1 is 1.22 bits per heavy atom. The lowest BCUT2D eigenvalue weighted by molar-refractivity contribution is -0.136. The average molecular weight is 275 g/mol. The van der Waals surface area contributed by atoms with Crippen LogP contribution >= 0.6 is 11.6 Å². The first-order valence-electron chi connectivity index (χ1n) is 5.46. The molecule has 96 valence electrons. The smallest absolute Gasteiger partial charge is 0.222 e. The lowest BCUT2D eigenvalue weighted by Gasteiger charge is -2.11. The summed E-state index contributed by atoms with van der Waals surface area (Å²) in [7, 11) is 0. The molecule has 6 heteroatoms. The Bertz CT molecular complexity index is 581. The molecule has 0 saturated carbocycles. The number of aromatic nitrogens is 2. The number of rotatable bonds is 2. The molecule has 0 saturated heterocycles. The molecule has 0 atom stereocenters. The second-order valence-corrected chi connectivity index (χ2v) is 4.23. The molecule has 18 heavy (non-hydrogen) atoms. The first-order valence-corrected chi connectivity index (χ1v) is 5.83. The van der Waals surface area contributed by atoms with E-state index in [9.17, 15) is 13.2 Å². The molecule has 0 amide bonds. The molecule has 2 aromatic rings. The van der Waals surface area contributed by atoms with E-state index in [2.05, 4.69) is 9.97 Å². The summed E-state index contributed by atoms with van der Waals surface area (Å²) in [4.78, 5) is 7.72. The van der Waals surface area contributed by atoms with E-state index in [4.69, 9.17) is 11.6 Å². The SMILES string of the molecule is CCCc1nc(Cl)nc2c(C(F)(F)F)cccc12. The largest absolute Gasteiger partial charge is 0.418 e. The van der Waals surface area contributed by atoms with E-state index in [0.717, 1.165) is 12.5 Å². The topological polar surface area (TPSA) is 25.8 Å². The quantitative estimate of drug-likeness (QED) is 0.765. The van der Waals surface area contributed by atoms with Crippen LogP contribution in [0.5, 0.6) is 0 Å². The minimum Gasteiger partial charge on any atom is -0.222 e. The van der Waals surface area contributed by atoms with Crippen molar-refractivity contribution in [2.75, 3.05) is 0 Å². The molecular formula is C12H10ClF3N2. The predicted molar refractivity (Wildman–Crippen MR) is 63.5 cm³/mol. The van der Waals surface area contributed by atoms with Crippen molar-refractivity contribution >= 4 is 22.5 Å². The fraction of sp³-hybridized carbons (Fsp3) is 0.333. The maximum absolute atomic E-state index is 12.9. The number of alkyl halides is 3. The number of halogens is 4. The maximum atomic E-state index is 12.9. The van der Waals surface area contributed by atoms with Crippen molar-refractivity contribution < 1.29 is 13.2 Å². The van der Waals surface area contributed by atoms with Gasteiger partial charge in [-0.1, -0.05) is 25.5 Å². The highest BCUT2D eigenvalue weighted by Crippen LogP contribution is 2.34. The third-order valence-corrected chi connectivity index (χ3v) is 2.74.